The smallest absolute Gasteiger partial charge is 0.268 e. The summed E-state index contributed by atoms with van der Waals surface area (Å²) in [6.45, 7) is 6.19. The van der Waals surface area contributed by atoms with Gasteiger partial charge in [0.1, 0.15) is 5.82 Å². The zero-order valence-corrected chi connectivity index (χ0v) is 50.2. The molecule has 0 fully saturated rings. The summed E-state index contributed by atoms with van der Waals surface area (Å²) >= 11 is 0. The summed E-state index contributed by atoms with van der Waals surface area (Å²) in [5, 5.41) is -1.54. The number of hydrogen-bond donors (Lipinski definition) is 0. The third-order valence-electron chi connectivity index (χ3n) is 14.9. The summed E-state index contributed by atoms with van der Waals surface area (Å²) in [4.78, 5) is 4.80. The van der Waals surface area contributed by atoms with Crippen molar-refractivity contribution in [1.29, 1.82) is 0 Å². The molecule has 0 aliphatic carbocycles. The Bertz CT molecular complexity index is 6690. The minimum absolute atomic E-state index is 0. The number of rotatable bonds is 13. The van der Waals surface area contributed by atoms with Crippen LogP contribution in [0.3, 0.4) is 0 Å². The van der Waals surface area contributed by atoms with Crippen LogP contribution in [0.2, 0.25) is 0 Å². The van der Waals surface area contributed by atoms with E-state index in [0.29, 0.717) is 11.3 Å². The van der Waals surface area contributed by atoms with E-state index in [9.17, 15) is 28.8 Å². The molecule has 0 unspecified atom stereocenters. The minimum atomic E-state index is -6.07. The molecule has 0 bridgehead atoms. The van der Waals surface area contributed by atoms with Crippen molar-refractivity contribution in [3.63, 3.8) is 0 Å². The molecule has 0 spiro atoms. The molecule has 15 aromatic rings. The summed E-state index contributed by atoms with van der Waals surface area (Å²) < 4.78 is 320. The van der Waals surface area contributed by atoms with Gasteiger partial charge in [0.05, 0.1) is 62.0 Å². The number of para-hydroxylation sites is 2. The second kappa shape index (κ2) is 23.8. The molecule has 15 rings (SSSR count). The largest absolute Gasteiger partial charge is 0.510 e. The summed E-state index contributed by atoms with van der Waals surface area (Å²) in [7, 11) is -6.07. The van der Waals surface area contributed by atoms with Crippen LogP contribution < -0.4 is 30.1 Å². The number of hydrogen-bond acceptors (Lipinski definition) is 2. The summed E-state index contributed by atoms with van der Waals surface area (Å²) in [5.74, 6) is 0.560. The van der Waals surface area contributed by atoms with Crippen LogP contribution in [0.5, 0.6) is 11.5 Å². The molecule has 0 atom stereocenters. The van der Waals surface area contributed by atoms with Gasteiger partial charge in [0.15, 0.2) is 8.07 Å². The SMILES string of the molecule is [2H]c1c([2H])c([2H])c(-c2cccc(-c3c([2H])c(-c4c([2H])c([2H])c([2H])c([2H])c4[2H])c([2H])c(-c4c([2H])c([2H])c([2H])c([2H])c4[2H])c3[2H])c2-[n+]2[c-]n(-c3[c-]c(Oc4[c-]c5c(cc4)c4ccccc4n5-c4cc(C(C)(C)C)ccn4)ccc3)c3cc([Si](c4c([2H])c([2H])c([2H])c([2H])c4[2H])(c4c([2H])c([2H])c([2H])c([2H])c4[2H])c4c([2H])c([2H])c([2H])c([2H])c4[2H])ccc32)c([2H])c1[2H].[Pt]. The molecule has 89 heavy (non-hydrogen) atoms. The van der Waals surface area contributed by atoms with Crippen LogP contribution in [0, 0.1) is 18.5 Å². The maximum Gasteiger partial charge on any atom is 0.268 e. The molecular formula is C82H60N4OPtSi-2. The fourth-order valence-electron chi connectivity index (χ4n) is 10.9. The molecular weight excluding hydrogens is 1280 g/mol. The van der Waals surface area contributed by atoms with Crippen LogP contribution in [0.25, 0.3) is 94.5 Å². The van der Waals surface area contributed by atoms with Crippen molar-refractivity contribution < 1.29 is 75.6 Å². The van der Waals surface area contributed by atoms with Crippen LogP contribution in [-0.4, -0.2) is 22.2 Å². The number of fused-ring (bicyclic) bond motifs is 4. The molecule has 0 amide bonds. The molecule has 7 heteroatoms. The number of benzene rings is 12. The van der Waals surface area contributed by atoms with Crippen LogP contribution in [0.15, 0.2) is 309 Å². The van der Waals surface area contributed by atoms with Gasteiger partial charge in [-0.3, -0.25) is 4.57 Å². The number of aromatic nitrogens is 4. The predicted octanol–water partition coefficient (Wildman–Crippen LogP) is 16.9. The van der Waals surface area contributed by atoms with Crippen LogP contribution in [0.4, 0.5) is 0 Å². The molecule has 430 valence electrons. The van der Waals surface area contributed by atoms with Crippen LogP contribution in [-0.2, 0) is 26.5 Å². The Morgan fingerprint density at radius 3 is 1.62 bits per heavy atom. The van der Waals surface area contributed by atoms with Crippen molar-refractivity contribution in [2.45, 2.75) is 26.2 Å². The van der Waals surface area contributed by atoms with Gasteiger partial charge in [-0.15, -0.1) is 29.7 Å². The van der Waals surface area contributed by atoms with E-state index < -0.39 is 278 Å². The number of imidazole rings is 1. The van der Waals surface area contributed by atoms with E-state index in [1.54, 1.807) is 12.3 Å². The average Bonchev–Trinajstić information content (AvgIpc) is 0.804. The molecule has 3 heterocycles. The van der Waals surface area contributed by atoms with Crippen molar-refractivity contribution >= 4 is 61.7 Å². The summed E-state index contributed by atoms with van der Waals surface area (Å²) in [5.41, 5.74) is -4.96. The van der Waals surface area contributed by atoms with Crippen molar-refractivity contribution in [3.8, 4) is 73.2 Å². The van der Waals surface area contributed by atoms with Gasteiger partial charge in [-0.25, -0.2) is 4.98 Å². The minimum Gasteiger partial charge on any atom is -0.510 e. The molecule has 0 aliphatic heterocycles. The zero-order chi connectivity index (χ0) is 87.9. The van der Waals surface area contributed by atoms with E-state index in [0.717, 1.165) is 32.5 Å². The van der Waals surface area contributed by atoms with Gasteiger partial charge >= 0.3 is 0 Å². The fourth-order valence-corrected chi connectivity index (χ4v) is 14.7. The number of ether oxygens (including phenoxy) is 1. The van der Waals surface area contributed by atoms with Crippen molar-refractivity contribution in [2.24, 2.45) is 0 Å². The zero-order valence-electron chi connectivity index (χ0n) is 79.9. The van der Waals surface area contributed by atoms with Gasteiger partial charge in [-0.05, 0) is 124 Å². The molecule has 0 saturated carbocycles. The summed E-state index contributed by atoms with van der Waals surface area (Å²) in [6.07, 6.45) is 4.95. The second-order valence-electron chi connectivity index (χ2n) is 21.0. The van der Waals surface area contributed by atoms with Crippen molar-refractivity contribution in [2.75, 3.05) is 0 Å². The molecule has 0 saturated heterocycles. The molecule has 0 aliphatic rings. The number of nitrogens with zero attached hydrogens (tertiary/aromatic N) is 4. The quantitative estimate of drug-likeness (QED) is 0.0499. The molecule has 0 N–H and O–H groups in total. The van der Waals surface area contributed by atoms with Gasteiger partial charge in [0, 0.05) is 44.3 Å². The first-order chi connectivity index (χ1) is 57.0. The topological polar surface area (TPSA) is 35.9 Å². The normalized spacial score (nSPS) is 16.9. The first-order valence-corrected chi connectivity index (χ1v) is 29.3. The van der Waals surface area contributed by atoms with E-state index in [4.69, 9.17) is 26.2 Å². The first kappa shape index (κ1) is 30.6. The Morgan fingerprint density at radius 1 is 0.472 bits per heavy atom. The third kappa shape index (κ3) is 10.4. The molecule has 5 nitrogen and oxygen atoms in total. The van der Waals surface area contributed by atoms with Gasteiger partial charge in [-0.2, -0.15) is 18.2 Å². The standard InChI is InChI=1S/C82H60N4OSi.Pt/c1-82(2,3)64-48-49-83-80(53-64)86-76-43-23-22-40-74(76)75-46-44-67(55-78(75)86)87-66-33-24-32-65(54-66)84-57-85(77-47-45-71(56-79(77)84)88(68-34-16-7-17-35-68,69-36-18-8-19-37-69)70-38-20-9-21-39-70)81-72(60-30-14-6-15-31-60)41-25-42-73(81)63-51-61(58-26-10-4-11-27-58)50-62(52-63)59-28-12-5-13-29-59;/h4-53,56H,1-3H3;/q-2;/i4D,5D,6D,7D,8D,9D,10D,11D,12D,13D,14D,15D,16D,17D,18D,19D,20D,21D,26D,27D,28D,29D,30D,31D,34D,35D,36D,37D,38D,39D,50D,51D,52D;. The molecule has 12 aromatic carbocycles. The Hall–Kier alpha value is -10.2. The average molecular weight is 1370 g/mol. The Kier molecular flexibility index (Phi) is 8.18. The second-order valence-corrected chi connectivity index (χ2v) is 24.6. The summed E-state index contributed by atoms with van der Waals surface area (Å²) in [6, 6.07) is -0.337. The third-order valence-corrected chi connectivity index (χ3v) is 19.1. The maximum absolute atomic E-state index is 10.5. The maximum atomic E-state index is 10.5. The molecule has 3 aromatic heterocycles. The Balaban J connectivity index is 0.0000121. The van der Waals surface area contributed by atoms with Gasteiger partial charge in [0.25, 0.3) is 6.33 Å². The predicted molar refractivity (Wildman–Crippen MR) is 364 cm³/mol. The van der Waals surface area contributed by atoms with E-state index in [-0.39, 0.29) is 54.7 Å². The van der Waals surface area contributed by atoms with Crippen LogP contribution >= 0.6 is 0 Å². The van der Waals surface area contributed by atoms with Gasteiger partial charge < -0.3 is 13.9 Å². The monoisotopic (exact) mass is 1370 g/mol. The van der Waals surface area contributed by atoms with E-state index in [2.05, 4.69) is 39.2 Å². The van der Waals surface area contributed by atoms with Crippen molar-refractivity contribution in [3.05, 3.63) is 333 Å². The van der Waals surface area contributed by atoms with Gasteiger partial charge in [0.2, 0.25) is 0 Å². The Morgan fingerprint density at radius 2 is 1.01 bits per heavy atom. The number of pyridine rings is 1. The first-order valence-electron chi connectivity index (χ1n) is 43.8. The van der Waals surface area contributed by atoms with Crippen LogP contribution in [0.1, 0.15) is 71.6 Å². The van der Waals surface area contributed by atoms with Crippen molar-refractivity contribution in [1.82, 2.24) is 14.1 Å². The molecule has 0 radical (unpaired) electrons. The van der Waals surface area contributed by atoms with E-state index in [1.165, 1.54) is 53.1 Å². The van der Waals surface area contributed by atoms with Gasteiger partial charge in [-0.1, -0.05) is 262 Å². The van der Waals surface area contributed by atoms with E-state index in [1.807, 2.05) is 47.0 Å². The Labute approximate surface area is 581 Å². The van der Waals surface area contributed by atoms with E-state index >= 15 is 0 Å². The fraction of sp³-hybridized carbons (Fsp3) is 0.0488.